The van der Waals surface area contributed by atoms with Crippen molar-refractivity contribution in [1.82, 2.24) is 25.2 Å². The number of aromatic nitrogens is 3. The Balaban J connectivity index is 1.65. The number of amides is 2. The van der Waals surface area contributed by atoms with Gasteiger partial charge >= 0.3 is 0 Å². The lowest BCUT2D eigenvalue weighted by Gasteiger charge is -2.35. The lowest BCUT2D eigenvalue weighted by molar-refractivity contribution is -0.144. The number of fused-ring (bicyclic) bond motifs is 1. The van der Waals surface area contributed by atoms with Crippen molar-refractivity contribution in [2.75, 3.05) is 28.4 Å². The van der Waals surface area contributed by atoms with Crippen molar-refractivity contribution in [2.45, 2.75) is 63.7 Å². The number of benzene rings is 3. The second kappa shape index (κ2) is 14.3. The maximum Gasteiger partial charge on any atom is 0.248 e. The van der Waals surface area contributed by atoms with E-state index >= 15 is 0 Å². The molecule has 0 bridgehead atoms. The number of hydrogen-bond acceptors (Lipinski definition) is 8. The molecule has 11 nitrogen and oxygen atoms in total. The molecule has 0 saturated heterocycles. The molecule has 2 amide bonds. The Hall–Kier alpha value is -4.80. The molecule has 5 rings (SSSR count). The standard InChI is InChI=1S/C34H41N5O6/c1-22(39-28-17-10-9-16-27(28)36-37-39)34(41)38(21-23-12-11-15-26(18-23)42-2)31(33(40)35-25-13-7-6-8-14-25)24-19-29(43-3)32(45-5)30(20-24)44-4/h9-12,15-20,22,25,31H,6-8,13-14,21H2,1-5H3,(H,35,40). The predicted molar refractivity (Wildman–Crippen MR) is 170 cm³/mol. The van der Waals surface area contributed by atoms with Gasteiger partial charge in [-0.3, -0.25) is 9.59 Å². The van der Waals surface area contributed by atoms with Gasteiger partial charge in [0.05, 0.1) is 34.0 Å². The molecule has 1 aromatic heterocycles. The van der Waals surface area contributed by atoms with Crippen molar-refractivity contribution in [1.29, 1.82) is 0 Å². The van der Waals surface area contributed by atoms with Crippen LogP contribution in [0.25, 0.3) is 11.0 Å². The third-order valence-electron chi connectivity index (χ3n) is 8.39. The molecule has 1 aliphatic rings. The summed E-state index contributed by atoms with van der Waals surface area (Å²) in [5, 5.41) is 11.9. The van der Waals surface area contributed by atoms with E-state index < -0.39 is 12.1 Å². The zero-order valence-electron chi connectivity index (χ0n) is 26.5. The number of para-hydroxylation sites is 1. The summed E-state index contributed by atoms with van der Waals surface area (Å²) in [7, 11) is 6.16. The monoisotopic (exact) mass is 615 g/mol. The molecule has 238 valence electrons. The zero-order chi connectivity index (χ0) is 31.9. The number of ether oxygens (including phenoxy) is 4. The van der Waals surface area contributed by atoms with Crippen molar-refractivity contribution in [2.24, 2.45) is 0 Å². The molecule has 45 heavy (non-hydrogen) atoms. The zero-order valence-corrected chi connectivity index (χ0v) is 26.5. The van der Waals surface area contributed by atoms with Crippen molar-refractivity contribution in [3.63, 3.8) is 0 Å². The van der Waals surface area contributed by atoms with E-state index in [1.54, 1.807) is 35.7 Å². The van der Waals surface area contributed by atoms with E-state index in [-0.39, 0.29) is 24.4 Å². The highest BCUT2D eigenvalue weighted by atomic mass is 16.5. The van der Waals surface area contributed by atoms with Crippen LogP contribution in [0.1, 0.15) is 62.2 Å². The molecule has 0 radical (unpaired) electrons. The van der Waals surface area contributed by atoms with Crippen LogP contribution >= 0.6 is 0 Å². The highest BCUT2D eigenvalue weighted by Gasteiger charge is 2.37. The molecule has 1 aliphatic carbocycles. The van der Waals surface area contributed by atoms with Crippen molar-refractivity contribution < 1.29 is 28.5 Å². The summed E-state index contributed by atoms with van der Waals surface area (Å²) in [4.78, 5) is 30.8. The first-order chi connectivity index (χ1) is 21.9. The molecule has 1 N–H and O–H groups in total. The van der Waals surface area contributed by atoms with Gasteiger partial charge in [-0.15, -0.1) is 5.10 Å². The minimum absolute atomic E-state index is 0.0150. The molecule has 2 atom stereocenters. The van der Waals surface area contributed by atoms with Crippen LogP contribution in [0.3, 0.4) is 0 Å². The second-order valence-electron chi connectivity index (χ2n) is 11.2. The SMILES string of the molecule is COc1cccc(CN(C(=O)C(C)n2nnc3ccccc32)C(C(=O)NC2CCCCC2)c2cc(OC)c(OC)c(OC)c2)c1. The highest BCUT2D eigenvalue weighted by molar-refractivity contribution is 5.91. The van der Waals surface area contributed by atoms with Crippen LogP contribution < -0.4 is 24.3 Å². The van der Waals surface area contributed by atoms with Crippen LogP contribution in [0, 0.1) is 0 Å². The number of nitrogens with zero attached hydrogens (tertiary/aromatic N) is 4. The summed E-state index contributed by atoms with van der Waals surface area (Å²) < 4.78 is 24.0. The lowest BCUT2D eigenvalue weighted by atomic mass is 9.94. The van der Waals surface area contributed by atoms with E-state index in [0.29, 0.717) is 34.1 Å². The number of carbonyl (C=O) groups is 2. The van der Waals surface area contributed by atoms with Gasteiger partial charge in [0, 0.05) is 12.6 Å². The Morgan fingerprint density at radius 3 is 2.29 bits per heavy atom. The molecule has 1 saturated carbocycles. The predicted octanol–water partition coefficient (Wildman–Crippen LogP) is 5.25. The summed E-state index contributed by atoms with van der Waals surface area (Å²) in [6, 6.07) is 16.6. The maximum atomic E-state index is 14.7. The number of methoxy groups -OCH3 is 4. The van der Waals surface area contributed by atoms with Crippen molar-refractivity contribution in [3.8, 4) is 23.0 Å². The van der Waals surface area contributed by atoms with Crippen LogP contribution in [-0.4, -0.2) is 66.2 Å². The molecule has 4 aromatic rings. The molecule has 1 heterocycles. The van der Waals surface area contributed by atoms with Gasteiger partial charge in [0.1, 0.15) is 23.3 Å². The number of carbonyl (C=O) groups excluding carboxylic acids is 2. The summed E-state index contributed by atoms with van der Waals surface area (Å²) >= 11 is 0. The quantitative estimate of drug-likeness (QED) is 0.230. The summed E-state index contributed by atoms with van der Waals surface area (Å²) in [6.45, 7) is 1.89. The third-order valence-corrected chi connectivity index (χ3v) is 8.39. The first kappa shape index (κ1) is 31.6. The summed E-state index contributed by atoms with van der Waals surface area (Å²) in [6.07, 6.45) is 5.01. The fourth-order valence-corrected chi connectivity index (χ4v) is 6.04. The number of hydrogen-bond donors (Lipinski definition) is 1. The minimum Gasteiger partial charge on any atom is -0.497 e. The largest absolute Gasteiger partial charge is 0.497 e. The second-order valence-corrected chi connectivity index (χ2v) is 11.2. The molecular formula is C34H41N5O6. The molecular weight excluding hydrogens is 574 g/mol. The molecule has 1 fully saturated rings. The number of rotatable bonds is 12. The first-order valence-electron chi connectivity index (χ1n) is 15.2. The molecule has 0 aliphatic heterocycles. The molecule has 2 unspecified atom stereocenters. The summed E-state index contributed by atoms with van der Waals surface area (Å²) in [5.74, 6) is 1.20. The number of nitrogens with one attached hydrogen (secondary N) is 1. The highest BCUT2D eigenvalue weighted by Crippen LogP contribution is 2.41. The van der Waals surface area contributed by atoms with Crippen LogP contribution in [-0.2, 0) is 16.1 Å². The lowest BCUT2D eigenvalue weighted by Crippen LogP contribution is -2.48. The molecule has 0 spiro atoms. The Morgan fingerprint density at radius 1 is 0.911 bits per heavy atom. The Bertz CT molecular complexity index is 1610. The van der Waals surface area contributed by atoms with Gasteiger partial charge in [-0.2, -0.15) is 0 Å². The minimum atomic E-state index is -1.04. The Kier molecular flexibility index (Phi) is 10.1. The average Bonchev–Trinajstić information content (AvgIpc) is 3.51. The Labute approximate surface area is 263 Å². The summed E-state index contributed by atoms with van der Waals surface area (Å²) in [5.41, 5.74) is 2.70. The van der Waals surface area contributed by atoms with Gasteiger partial charge in [0.15, 0.2) is 11.5 Å². The van der Waals surface area contributed by atoms with Gasteiger partial charge in [-0.05, 0) is 67.3 Å². The topological polar surface area (TPSA) is 117 Å². The fraction of sp³-hybridized carbons (Fsp3) is 0.412. The first-order valence-corrected chi connectivity index (χ1v) is 15.2. The smallest absolute Gasteiger partial charge is 0.248 e. The van der Waals surface area contributed by atoms with Crippen LogP contribution in [0.5, 0.6) is 23.0 Å². The van der Waals surface area contributed by atoms with Crippen LogP contribution in [0.2, 0.25) is 0 Å². The average molecular weight is 616 g/mol. The van der Waals surface area contributed by atoms with Crippen LogP contribution in [0.15, 0.2) is 60.7 Å². The Morgan fingerprint density at radius 2 is 1.62 bits per heavy atom. The van der Waals surface area contributed by atoms with E-state index in [4.69, 9.17) is 18.9 Å². The normalized spacial score (nSPS) is 14.8. The van der Waals surface area contributed by atoms with Crippen LogP contribution in [0.4, 0.5) is 0 Å². The van der Waals surface area contributed by atoms with E-state index in [0.717, 1.165) is 43.2 Å². The molecule has 3 aromatic carbocycles. The van der Waals surface area contributed by atoms with Gasteiger partial charge in [-0.1, -0.05) is 48.7 Å². The van der Waals surface area contributed by atoms with E-state index in [9.17, 15) is 9.59 Å². The molecule has 11 heteroatoms. The van der Waals surface area contributed by atoms with Gasteiger partial charge in [-0.25, -0.2) is 4.68 Å². The fourth-order valence-electron chi connectivity index (χ4n) is 6.04. The third kappa shape index (κ3) is 6.82. The van der Waals surface area contributed by atoms with E-state index in [2.05, 4.69) is 15.6 Å². The van der Waals surface area contributed by atoms with Gasteiger partial charge < -0.3 is 29.2 Å². The van der Waals surface area contributed by atoms with Crippen molar-refractivity contribution >= 4 is 22.8 Å². The van der Waals surface area contributed by atoms with E-state index in [1.165, 1.54) is 21.3 Å². The van der Waals surface area contributed by atoms with Crippen molar-refractivity contribution in [3.05, 3.63) is 71.8 Å². The van der Waals surface area contributed by atoms with E-state index in [1.807, 2.05) is 48.5 Å². The van der Waals surface area contributed by atoms with Gasteiger partial charge in [0.25, 0.3) is 0 Å². The maximum absolute atomic E-state index is 14.7. The van der Waals surface area contributed by atoms with Gasteiger partial charge in [0.2, 0.25) is 17.6 Å².